The lowest BCUT2D eigenvalue weighted by molar-refractivity contribution is -0.132. The van der Waals surface area contributed by atoms with Crippen molar-refractivity contribution in [2.24, 2.45) is 0 Å². The van der Waals surface area contributed by atoms with Crippen LogP contribution in [0.25, 0.3) is 0 Å². The van der Waals surface area contributed by atoms with E-state index in [0.29, 0.717) is 38.3 Å². The molecule has 136 valence electrons. The number of anilines is 1. The molecule has 2 amide bonds. The van der Waals surface area contributed by atoms with Gasteiger partial charge in [-0.2, -0.15) is 0 Å². The molecule has 0 aromatic heterocycles. The molecule has 25 heavy (non-hydrogen) atoms. The maximum atomic E-state index is 12.5. The summed E-state index contributed by atoms with van der Waals surface area (Å²) in [6.07, 6.45) is 0.305. The molecule has 1 aromatic carbocycles. The summed E-state index contributed by atoms with van der Waals surface area (Å²) in [6.45, 7) is 6.06. The Morgan fingerprint density at radius 3 is 2.68 bits per heavy atom. The number of hydrogen-bond donors (Lipinski definition) is 1. The Labute approximate surface area is 147 Å². The number of hydrogen-bond acceptors (Lipinski definition) is 5. The second-order valence-electron chi connectivity index (χ2n) is 6.50. The molecule has 1 N–H and O–H groups in total. The van der Waals surface area contributed by atoms with Gasteiger partial charge in [-0.25, -0.2) is 0 Å². The summed E-state index contributed by atoms with van der Waals surface area (Å²) in [5, 5.41) is 8.98. The molecule has 7 heteroatoms. The predicted octanol–water partition coefficient (Wildman–Crippen LogP) is 0.247. The highest BCUT2D eigenvalue weighted by Crippen LogP contribution is 2.32. The molecule has 3 rings (SSSR count). The van der Waals surface area contributed by atoms with E-state index in [0.717, 1.165) is 24.3 Å². The third kappa shape index (κ3) is 4.11. The van der Waals surface area contributed by atoms with E-state index in [1.54, 1.807) is 4.90 Å². The number of β-amino-alcohol motifs (C(OH)–C–C–N with tert-alkyl or cyclic N) is 1. The highest BCUT2D eigenvalue weighted by atomic mass is 16.5. The molecule has 2 aliphatic rings. The van der Waals surface area contributed by atoms with Gasteiger partial charge in [0.05, 0.1) is 12.3 Å². The molecule has 1 fully saturated rings. The minimum atomic E-state index is -0.112. The lowest BCUT2D eigenvalue weighted by atomic mass is 10.1. The first-order valence-electron chi connectivity index (χ1n) is 8.73. The number of aliphatic hydroxyl groups is 1. The van der Waals surface area contributed by atoms with Gasteiger partial charge in [0, 0.05) is 45.7 Å². The van der Waals surface area contributed by atoms with Gasteiger partial charge in [0.15, 0.2) is 6.61 Å². The predicted molar refractivity (Wildman–Crippen MR) is 93.7 cm³/mol. The molecule has 1 aromatic rings. The molecule has 0 saturated carbocycles. The van der Waals surface area contributed by atoms with Crippen molar-refractivity contribution in [1.82, 2.24) is 9.80 Å². The molecule has 0 aliphatic carbocycles. The summed E-state index contributed by atoms with van der Waals surface area (Å²) in [5.74, 6) is 0.645. The number of aryl methyl sites for hydroxylation is 1. The zero-order valence-corrected chi connectivity index (χ0v) is 14.6. The van der Waals surface area contributed by atoms with Gasteiger partial charge in [0.2, 0.25) is 5.91 Å². The molecule has 0 bridgehead atoms. The quantitative estimate of drug-likeness (QED) is 0.826. The first kappa shape index (κ1) is 17.7. The van der Waals surface area contributed by atoms with E-state index in [4.69, 9.17) is 9.84 Å². The van der Waals surface area contributed by atoms with Crippen molar-refractivity contribution in [3.8, 4) is 5.75 Å². The van der Waals surface area contributed by atoms with E-state index >= 15 is 0 Å². The molecule has 2 aliphatic heterocycles. The number of nitrogens with zero attached hydrogens (tertiary/aromatic N) is 3. The van der Waals surface area contributed by atoms with Crippen molar-refractivity contribution in [1.29, 1.82) is 0 Å². The van der Waals surface area contributed by atoms with Gasteiger partial charge in [0.25, 0.3) is 5.91 Å². The summed E-state index contributed by atoms with van der Waals surface area (Å²) in [6, 6.07) is 5.74. The van der Waals surface area contributed by atoms with E-state index in [-0.39, 0.29) is 25.0 Å². The standard InChI is InChI=1S/C18H25N3O4/c1-14-2-3-16-15(12-14)21(18(24)13-25-16)5-4-17(23)20-8-6-19(7-9-20)10-11-22/h2-3,12,22H,4-11,13H2,1H3. The number of piperazine rings is 1. The van der Waals surface area contributed by atoms with Crippen LogP contribution in [0.3, 0.4) is 0 Å². The summed E-state index contributed by atoms with van der Waals surface area (Å²) in [4.78, 5) is 30.3. The first-order valence-corrected chi connectivity index (χ1v) is 8.73. The molecular formula is C18H25N3O4. The van der Waals surface area contributed by atoms with Gasteiger partial charge >= 0.3 is 0 Å². The second kappa shape index (κ2) is 7.84. The molecular weight excluding hydrogens is 322 g/mol. The zero-order chi connectivity index (χ0) is 17.8. The van der Waals surface area contributed by atoms with Crippen LogP contribution >= 0.6 is 0 Å². The van der Waals surface area contributed by atoms with Crippen molar-refractivity contribution in [3.05, 3.63) is 23.8 Å². The zero-order valence-electron chi connectivity index (χ0n) is 14.6. The second-order valence-corrected chi connectivity index (χ2v) is 6.50. The molecule has 1 saturated heterocycles. The van der Waals surface area contributed by atoms with Gasteiger partial charge in [-0.3, -0.25) is 14.5 Å². The number of amides is 2. The van der Waals surface area contributed by atoms with Crippen molar-refractivity contribution in [2.45, 2.75) is 13.3 Å². The van der Waals surface area contributed by atoms with Crippen LogP contribution < -0.4 is 9.64 Å². The number of rotatable bonds is 5. The van der Waals surface area contributed by atoms with Gasteiger partial charge in [-0.1, -0.05) is 6.07 Å². The molecule has 0 spiro atoms. The lowest BCUT2D eigenvalue weighted by Crippen LogP contribution is -2.50. The summed E-state index contributed by atoms with van der Waals surface area (Å²) < 4.78 is 5.47. The van der Waals surface area contributed by atoms with Gasteiger partial charge in [-0.05, 0) is 24.6 Å². The molecule has 2 heterocycles. The topological polar surface area (TPSA) is 73.3 Å². The molecule has 0 atom stereocenters. The maximum absolute atomic E-state index is 12.5. The van der Waals surface area contributed by atoms with Crippen LogP contribution in [0.5, 0.6) is 5.75 Å². The third-order valence-corrected chi connectivity index (χ3v) is 4.75. The number of carbonyl (C=O) groups is 2. The van der Waals surface area contributed by atoms with Crippen LogP contribution in [0.15, 0.2) is 18.2 Å². The monoisotopic (exact) mass is 347 g/mol. The smallest absolute Gasteiger partial charge is 0.265 e. The highest BCUT2D eigenvalue weighted by Gasteiger charge is 2.27. The Bertz CT molecular complexity index is 641. The first-order chi connectivity index (χ1) is 12.1. The van der Waals surface area contributed by atoms with Crippen molar-refractivity contribution in [3.63, 3.8) is 0 Å². The molecule has 0 radical (unpaired) electrons. The third-order valence-electron chi connectivity index (χ3n) is 4.75. The van der Waals surface area contributed by atoms with Crippen LogP contribution in [0, 0.1) is 6.92 Å². The van der Waals surface area contributed by atoms with Gasteiger partial charge in [-0.15, -0.1) is 0 Å². The lowest BCUT2D eigenvalue weighted by Gasteiger charge is -2.35. The average Bonchev–Trinajstić information content (AvgIpc) is 2.61. The number of ether oxygens (including phenoxy) is 1. The Hall–Kier alpha value is -2.12. The van der Waals surface area contributed by atoms with Crippen LogP contribution in [-0.2, 0) is 9.59 Å². The summed E-state index contributed by atoms with van der Waals surface area (Å²) in [5.41, 5.74) is 1.80. The SMILES string of the molecule is Cc1ccc2c(c1)N(CCC(=O)N1CCN(CCO)CC1)C(=O)CO2. The van der Waals surface area contributed by atoms with Crippen molar-refractivity contribution in [2.75, 3.05) is 57.4 Å². The summed E-state index contributed by atoms with van der Waals surface area (Å²) >= 11 is 0. The Balaban J connectivity index is 1.57. The van der Waals surface area contributed by atoms with E-state index in [1.807, 2.05) is 30.0 Å². The normalized spacial score (nSPS) is 18.1. The van der Waals surface area contributed by atoms with Crippen LogP contribution in [-0.4, -0.2) is 79.2 Å². The largest absolute Gasteiger partial charge is 0.482 e. The van der Waals surface area contributed by atoms with E-state index in [2.05, 4.69) is 4.90 Å². The maximum Gasteiger partial charge on any atom is 0.265 e. The molecule has 0 unspecified atom stereocenters. The number of aliphatic hydroxyl groups excluding tert-OH is 1. The number of fused-ring (bicyclic) bond motifs is 1. The number of benzene rings is 1. The Kier molecular flexibility index (Phi) is 5.55. The number of carbonyl (C=O) groups excluding carboxylic acids is 2. The fraction of sp³-hybridized carbons (Fsp3) is 0.556. The average molecular weight is 347 g/mol. The van der Waals surface area contributed by atoms with Crippen molar-refractivity contribution < 1.29 is 19.4 Å². The minimum absolute atomic E-state index is 0.0179. The minimum Gasteiger partial charge on any atom is -0.482 e. The van der Waals surface area contributed by atoms with E-state index in [9.17, 15) is 9.59 Å². The van der Waals surface area contributed by atoms with Gasteiger partial charge in [0.1, 0.15) is 5.75 Å². The Morgan fingerprint density at radius 1 is 1.20 bits per heavy atom. The van der Waals surface area contributed by atoms with E-state index in [1.165, 1.54) is 0 Å². The van der Waals surface area contributed by atoms with Crippen LogP contribution in [0.4, 0.5) is 5.69 Å². The summed E-state index contributed by atoms with van der Waals surface area (Å²) in [7, 11) is 0. The fourth-order valence-electron chi connectivity index (χ4n) is 3.29. The van der Waals surface area contributed by atoms with Crippen LogP contribution in [0.2, 0.25) is 0 Å². The fourth-order valence-corrected chi connectivity index (χ4v) is 3.29. The Morgan fingerprint density at radius 2 is 1.96 bits per heavy atom. The highest BCUT2D eigenvalue weighted by molar-refractivity contribution is 5.98. The van der Waals surface area contributed by atoms with Crippen LogP contribution in [0.1, 0.15) is 12.0 Å². The van der Waals surface area contributed by atoms with Gasteiger partial charge < -0.3 is 19.6 Å². The van der Waals surface area contributed by atoms with E-state index < -0.39 is 0 Å². The molecule has 7 nitrogen and oxygen atoms in total. The van der Waals surface area contributed by atoms with Crippen molar-refractivity contribution >= 4 is 17.5 Å².